The summed E-state index contributed by atoms with van der Waals surface area (Å²) in [6.07, 6.45) is 5.16. The standard InChI is InChI=1S/C43H41NO9/c1-48-42(49-2)24-21-32(27-43(42,52-33-22-25-50-28-33)53-34-23-26-51-29-34)41(47)44(37-19-11-9-17-35(37)39(45)30-13-5-3-6-14-30)38-20-12-10-18-36(38)40(46)31-15-7-4-8-16-31/h3-21,24,27,33-34H,22-23,25-26,28-29H2,1-2H3. The molecule has 2 saturated heterocycles. The van der Waals surface area contributed by atoms with Gasteiger partial charge in [-0.25, -0.2) is 0 Å². The lowest BCUT2D eigenvalue weighted by Crippen LogP contribution is -2.62. The number of ketones is 2. The molecule has 0 saturated carbocycles. The van der Waals surface area contributed by atoms with Crippen LogP contribution in [0.2, 0.25) is 0 Å². The van der Waals surface area contributed by atoms with Gasteiger partial charge in [0.15, 0.2) is 11.6 Å². The summed E-state index contributed by atoms with van der Waals surface area (Å²) in [5.74, 6) is -4.50. The minimum atomic E-state index is -1.77. The van der Waals surface area contributed by atoms with Crippen molar-refractivity contribution in [3.8, 4) is 0 Å². The van der Waals surface area contributed by atoms with Crippen LogP contribution in [0.5, 0.6) is 0 Å². The van der Waals surface area contributed by atoms with Gasteiger partial charge in [0.2, 0.25) is 11.6 Å². The van der Waals surface area contributed by atoms with Gasteiger partial charge in [0.1, 0.15) is 0 Å². The zero-order valence-electron chi connectivity index (χ0n) is 29.6. The normalized spacial score (nSPS) is 22.0. The number of carbonyl (C=O) groups is 3. The molecule has 2 atom stereocenters. The smallest absolute Gasteiger partial charge is 0.262 e. The number of hydrogen-bond donors (Lipinski definition) is 0. The monoisotopic (exact) mass is 715 g/mol. The molecule has 10 heteroatoms. The fourth-order valence-corrected chi connectivity index (χ4v) is 6.96. The quantitative estimate of drug-likeness (QED) is 0.112. The first-order valence-electron chi connectivity index (χ1n) is 17.6. The summed E-state index contributed by atoms with van der Waals surface area (Å²) in [6, 6.07) is 31.4. The summed E-state index contributed by atoms with van der Waals surface area (Å²) in [6.45, 7) is 1.62. The third-order valence-electron chi connectivity index (χ3n) is 9.68. The van der Waals surface area contributed by atoms with E-state index in [0.29, 0.717) is 50.4 Å². The molecular weight excluding hydrogens is 674 g/mol. The Morgan fingerprint density at radius 2 is 1.08 bits per heavy atom. The molecule has 272 valence electrons. The Morgan fingerprint density at radius 1 is 0.623 bits per heavy atom. The molecule has 7 rings (SSSR count). The zero-order chi connectivity index (χ0) is 36.8. The number of nitrogens with zero attached hydrogens (tertiary/aromatic N) is 1. The molecule has 0 aromatic heterocycles. The van der Waals surface area contributed by atoms with Crippen LogP contribution in [0.4, 0.5) is 11.4 Å². The molecule has 2 aliphatic heterocycles. The molecule has 53 heavy (non-hydrogen) atoms. The van der Waals surface area contributed by atoms with Crippen LogP contribution in [-0.4, -0.2) is 81.9 Å². The minimum absolute atomic E-state index is 0.150. The van der Waals surface area contributed by atoms with E-state index in [1.165, 1.54) is 19.1 Å². The molecule has 2 heterocycles. The molecule has 3 aliphatic rings. The molecule has 2 fully saturated rings. The summed E-state index contributed by atoms with van der Waals surface area (Å²) in [4.78, 5) is 45.2. The first kappa shape index (κ1) is 36.3. The van der Waals surface area contributed by atoms with Crippen molar-refractivity contribution >= 4 is 28.8 Å². The molecule has 4 aromatic rings. The largest absolute Gasteiger partial charge is 0.379 e. The SMILES string of the molecule is COC1(OC)C=CC(C(=O)N(c2ccccc2C(=O)c2ccccc2)c2ccccc2C(=O)c2ccccc2)=CC1(OC1CCOC1)OC1CCOC1. The van der Waals surface area contributed by atoms with E-state index in [0.717, 1.165) is 0 Å². The van der Waals surface area contributed by atoms with Crippen molar-refractivity contribution in [1.29, 1.82) is 0 Å². The van der Waals surface area contributed by atoms with Gasteiger partial charge in [0, 0.05) is 55.3 Å². The highest BCUT2D eigenvalue weighted by Gasteiger charge is 2.58. The van der Waals surface area contributed by atoms with Crippen LogP contribution in [0.25, 0.3) is 0 Å². The van der Waals surface area contributed by atoms with Gasteiger partial charge in [0.25, 0.3) is 5.91 Å². The summed E-state index contributed by atoms with van der Waals surface area (Å²) < 4.78 is 36.9. The first-order valence-corrected chi connectivity index (χ1v) is 17.6. The van der Waals surface area contributed by atoms with Crippen molar-refractivity contribution in [2.75, 3.05) is 45.5 Å². The summed E-state index contributed by atoms with van der Waals surface area (Å²) in [5.41, 5.74) is 2.14. The second kappa shape index (κ2) is 15.9. The summed E-state index contributed by atoms with van der Waals surface area (Å²) in [5, 5.41) is 0. The van der Waals surface area contributed by atoms with E-state index < -0.39 is 29.7 Å². The van der Waals surface area contributed by atoms with E-state index in [1.54, 1.807) is 115 Å². The number of methoxy groups -OCH3 is 2. The predicted molar refractivity (Wildman–Crippen MR) is 197 cm³/mol. The van der Waals surface area contributed by atoms with Gasteiger partial charge in [-0.1, -0.05) is 84.9 Å². The lowest BCUT2D eigenvalue weighted by atomic mass is 9.92. The number of rotatable bonds is 13. The third kappa shape index (κ3) is 7.17. The Balaban J connectivity index is 1.42. The zero-order valence-corrected chi connectivity index (χ0v) is 29.6. The Hall–Kier alpha value is -5.07. The molecule has 0 N–H and O–H groups in total. The van der Waals surface area contributed by atoms with E-state index >= 15 is 4.79 Å². The van der Waals surface area contributed by atoms with E-state index in [1.807, 2.05) is 12.1 Å². The number of benzene rings is 4. The van der Waals surface area contributed by atoms with Crippen molar-refractivity contribution < 1.29 is 42.8 Å². The average Bonchev–Trinajstić information content (AvgIpc) is 3.93. The van der Waals surface area contributed by atoms with Gasteiger partial charge in [-0.3, -0.25) is 19.3 Å². The van der Waals surface area contributed by atoms with Crippen LogP contribution >= 0.6 is 0 Å². The molecule has 1 amide bonds. The Bertz CT molecular complexity index is 1880. The van der Waals surface area contributed by atoms with E-state index in [4.69, 9.17) is 28.4 Å². The number of carbonyl (C=O) groups excluding carboxylic acids is 3. The molecule has 4 aromatic carbocycles. The second-order valence-corrected chi connectivity index (χ2v) is 12.9. The van der Waals surface area contributed by atoms with Crippen molar-refractivity contribution in [2.45, 2.75) is 36.6 Å². The fraction of sp³-hybridized carbons (Fsp3) is 0.279. The van der Waals surface area contributed by atoms with Crippen LogP contribution < -0.4 is 4.90 Å². The fourth-order valence-electron chi connectivity index (χ4n) is 6.96. The second-order valence-electron chi connectivity index (χ2n) is 12.9. The van der Waals surface area contributed by atoms with Crippen LogP contribution in [0, 0.1) is 0 Å². The van der Waals surface area contributed by atoms with Gasteiger partial charge >= 0.3 is 0 Å². The lowest BCUT2D eigenvalue weighted by Gasteiger charge is -2.47. The number of amides is 1. The number of ether oxygens (including phenoxy) is 6. The Morgan fingerprint density at radius 3 is 1.51 bits per heavy atom. The summed E-state index contributed by atoms with van der Waals surface area (Å²) >= 11 is 0. The number of hydrogen-bond acceptors (Lipinski definition) is 9. The maximum Gasteiger partial charge on any atom is 0.262 e. The topological polar surface area (TPSA) is 110 Å². The van der Waals surface area contributed by atoms with Crippen LogP contribution in [0.15, 0.2) is 133 Å². The molecule has 0 spiro atoms. The predicted octanol–water partition coefficient (Wildman–Crippen LogP) is 6.61. The molecule has 2 unspecified atom stereocenters. The lowest BCUT2D eigenvalue weighted by molar-refractivity contribution is -0.378. The van der Waals surface area contributed by atoms with E-state index in [-0.39, 0.29) is 39.6 Å². The molecular formula is C43H41NO9. The van der Waals surface area contributed by atoms with Gasteiger partial charge in [-0.15, -0.1) is 0 Å². The van der Waals surface area contributed by atoms with Crippen LogP contribution in [-0.2, 0) is 33.2 Å². The molecule has 1 aliphatic carbocycles. The van der Waals surface area contributed by atoms with E-state index in [2.05, 4.69) is 0 Å². The Labute approximate surface area is 308 Å². The average molecular weight is 716 g/mol. The highest BCUT2D eigenvalue weighted by atomic mass is 16.8. The van der Waals surface area contributed by atoms with Gasteiger partial charge in [0.05, 0.1) is 36.8 Å². The molecule has 10 nitrogen and oxygen atoms in total. The third-order valence-corrected chi connectivity index (χ3v) is 9.68. The Kier molecular flexibility index (Phi) is 10.9. The van der Waals surface area contributed by atoms with Crippen LogP contribution in [0.3, 0.4) is 0 Å². The van der Waals surface area contributed by atoms with Crippen molar-refractivity contribution in [3.05, 3.63) is 155 Å². The van der Waals surface area contributed by atoms with Gasteiger partial charge in [-0.05, 0) is 55.3 Å². The van der Waals surface area contributed by atoms with Crippen molar-refractivity contribution in [3.63, 3.8) is 0 Å². The molecule has 0 radical (unpaired) electrons. The number of para-hydroxylation sites is 2. The molecule has 0 bridgehead atoms. The number of anilines is 2. The van der Waals surface area contributed by atoms with E-state index in [9.17, 15) is 9.59 Å². The first-order chi connectivity index (χ1) is 25.9. The van der Waals surface area contributed by atoms with Gasteiger partial charge in [-0.2, -0.15) is 0 Å². The van der Waals surface area contributed by atoms with Crippen LogP contribution in [0.1, 0.15) is 44.7 Å². The van der Waals surface area contributed by atoms with Crippen molar-refractivity contribution in [2.24, 2.45) is 0 Å². The van der Waals surface area contributed by atoms with Gasteiger partial charge < -0.3 is 28.4 Å². The maximum absolute atomic E-state index is 15.4. The maximum atomic E-state index is 15.4. The highest BCUT2D eigenvalue weighted by molar-refractivity contribution is 6.22. The van der Waals surface area contributed by atoms with Crippen molar-refractivity contribution in [1.82, 2.24) is 0 Å². The highest BCUT2D eigenvalue weighted by Crippen LogP contribution is 2.44. The minimum Gasteiger partial charge on any atom is -0.379 e. The summed E-state index contributed by atoms with van der Waals surface area (Å²) in [7, 11) is 2.96.